The van der Waals surface area contributed by atoms with Crippen LogP contribution in [0.3, 0.4) is 0 Å². The zero-order valence-electron chi connectivity index (χ0n) is 11.8. The first-order valence-corrected chi connectivity index (χ1v) is 7.12. The molecule has 6 heteroatoms. The molecule has 3 rings (SSSR count). The predicted molar refractivity (Wildman–Crippen MR) is 80.4 cm³/mol. The number of carbonyl (C=O) groups excluding carboxylic acids is 1. The highest BCUT2D eigenvalue weighted by Gasteiger charge is 2.16. The van der Waals surface area contributed by atoms with Crippen molar-refractivity contribution in [1.29, 1.82) is 0 Å². The van der Waals surface area contributed by atoms with Gasteiger partial charge in [0.1, 0.15) is 13.1 Å². The lowest BCUT2D eigenvalue weighted by Crippen LogP contribution is -3.15. The van der Waals surface area contributed by atoms with E-state index in [1.54, 1.807) is 6.21 Å². The van der Waals surface area contributed by atoms with Gasteiger partial charge in [-0.05, 0) is 6.07 Å². The number of hydrogen-bond donors (Lipinski definition) is 3. The molecule has 1 fully saturated rings. The maximum absolute atomic E-state index is 11.8. The van der Waals surface area contributed by atoms with E-state index in [-0.39, 0.29) is 5.91 Å². The maximum Gasteiger partial charge on any atom is 0.295 e. The summed E-state index contributed by atoms with van der Waals surface area (Å²) in [5.41, 5.74) is 4.61. The van der Waals surface area contributed by atoms with Gasteiger partial charge in [0.2, 0.25) is 0 Å². The molecule has 2 aromatic rings. The zero-order chi connectivity index (χ0) is 14.5. The lowest BCUT2D eigenvalue weighted by atomic mass is 10.2. The Morgan fingerprint density at radius 1 is 1.38 bits per heavy atom. The Labute approximate surface area is 122 Å². The Kier molecular flexibility index (Phi) is 4.28. The molecule has 1 saturated heterocycles. The van der Waals surface area contributed by atoms with E-state index in [1.807, 2.05) is 30.5 Å². The average Bonchev–Trinajstić information content (AvgIpc) is 2.92. The summed E-state index contributed by atoms with van der Waals surface area (Å²) in [6.45, 7) is 3.64. The van der Waals surface area contributed by atoms with E-state index in [0.29, 0.717) is 6.54 Å². The molecule has 1 aromatic carbocycles. The molecule has 1 aliphatic rings. The van der Waals surface area contributed by atoms with Gasteiger partial charge in [0.25, 0.3) is 5.91 Å². The summed E-state index contributed by atoms with van der Waals surface area (Å²) in [6.07, 6.45) is 3.55. The molecule has 0 aliphatic carbocycles. The lowest BCUT2D eigenvalue weighted by Gasteiger charge is -2.22. The minimum Gasteiger partial charge on any atom is -0.370 e. The van der Waals surface area contributed by atoms with Gasteiger partial charge in [-0.25, -0.2) is 5.43 Å². The minimum atomic E-state index is -0.0667. The van der Waals surface area contributed by atoms with Crippen LogP contribution in [0.2, 0.25) is 0 Å². The molecule has 0 radical (unpaired) electrons. The number of benzene rings is 1. The Morgan fingerprint density at radius 2 is 2.19 bits per heavy atom. The molecular formula is C15H19N4O2+. The summed E-state index contributed by atoms with van der Waals surface area (Å²) < 4.78 is 5.27. The SMILES string of the molecule is O=C(C[NH+]1CCOCC1)N/N=C/c1c[nH]c2ccccc12. The summed E-state index contributed by atoms with van der Waals surface area (Å²) in [5, 5.41) is 5.13. The van der Waals surface area contributed by atoms with Gasteiger partial charge < -0.3 is 14.6 Å². The lowest BCUT2D eigenvalue weighted by molar-refractivity contribution is -0.900. The van der Waals surface area contributed by atoms with Crippen LogP contribution in [0.1, 0.15) is 5.56 Å². The Morgan fingerprint density at radius 3 is 3.05 bits per heavy atom. The van der Waals surface area contributed by atoms with Crippen LogP contribution in [0, 0.1) is 0 Å². The van der Waals surface area contributed by atoms with Crippen molar-refractivity contribution in [2.75, 3.05) is 32.8 Å². The quantitative estimate of drug-likeness (QED) is 0.526. The van der Waals surface area contributed by atoms with Crippen LogP contribution in [0.15, 0.2) is 35.6 Å². The number of H-pyrrole nitrogens is 1. The highest BCUT2D eigenvalue weighted by Crippen LogP contribution is 2.15. The van der Waals surface area contributed by atoms with Crippen molar-refractivity contribution < 1.29 is 14.4 Å². The third-order valence-corrected chi connectivity index (χ3v) is 3.62. The average molecular weight is 287 g/mol. The molecule has 1 aromatic heterocycles. The summed E-state index contributed by atoms with van der Waals surface area (Å²) in [7, 11) is 0. The molecule has 110 valence electrons. The van der Waals surface area contributed by atoms with Crippen molar-refractivity contribution in [3.63, 3.8) is 0 Å². The van der Waals surface area contributed by atoms with E-state index in [2.05, 4.69) is 15.5 Å². The number of morpholine rings is 1. The molecule has 3 N–H and O–H groups in total. The summed E-state index contributed by atoms with van der Waals surface area (Å²) >= 11 is 0. The van der Waals surface area contributed by atoms with Crippen LogP contribution < -0.4 is 10.3 Å². The second-order valence-corrected chi connectivity index (χ2v) is 5.12. The van der Waals surface area contributed by atoms with Gasteiger partial charge >= 0.3 is 0 Å². The number of hydrazone groups is 1. The number of amides is 1. The minimum absolute atomic E-state index is 0.0667. The number of quaternary nitrogens is 1. The van der Waals surface area contributed by atoms with E-state index >= 15 is 0 Å². The Bertz CT molecular complexity index is 644. The van der Waals surface area contributed by atoms with Crippen LogP contribution in [0.4, 0.5) is 0 Å². The van der Waals surface area contributed by atoms with Gasteiger partial charge in [0.15, 0.2) is 6.54 Å². The van der Waals surface area contributed by atoms with E-state index in [1.165, 1.54) is 4.90 Å². The van der Waals surface area contributed by atoms with Gasteiger partial charge in [-0.3, -0.25) is 4.79 Å². The van der Waals surface area contributed by atoms with Crippen LogP contribution in [0.5, 0.6) is 0 Å². The number of fused-ring (bicyclic) bond motifs is 1. The number of nitrogens with one attached hydrogen (secondary N) is 3. The van der Waals surface area contributed by atoms with Crippen molar-refractivity contribution in [1.82, 2.24) is 10.4 Å². The van der Waals surface area contributed by atoms with Gasteiger partial charge in [0, 0.05) is 22.7 Å². The monoisotopic (exact) mass is 287 g/mol. The number of para-hydroxylation sites is 1. The molecule has 6 nitrogen and oxygen atoms in total. The number of hydrogen-bond acceptors (Lipinski definition) is 3. The van der Waals surface area contributed by atoms with Crippen LogP contribution in [-0.4, -0.2) is 50.0 Å². The van der Waals surface area contributed by atoms with Crippen LogP contribution in [-0.2, 0) is 9.53 Å². The first-order valence-electron chi connectivity index (χ1n) is 7.12. The highest BCUT2D eigenvalue weighted by atomic mass is 16.5. The normalized spacial score (nSPS) is 16.6. The van der Waals surface area contributed by atoms with Crippen molar-refractivity contribution in [2.24, 2.45) is 5.10 Å². The van der Waals surface area contributed by atoms with Gasteiger partial charge in [0.05, 0.1) is 19.4 Å². The largest absolute Gasteiger partial charge is 0.370 e. The number of nitrogens with zero attached hydrogens (tertiary/aromatic N) is 1. The number of rotatable bonds is 4. The summed E-state index contributed by atoms with van der Waals surface area (Å²) in [4.78, 5) is 16.2. The molecule has 1 amide bonds. The predicted octanol–water partition coefficient (Wildman–Crippen LogP) is -0.467. The van der Waals surface area contributed by atoms with Gasteiger partial charge in [-0.15, -0.1) is 0 Å². The third kappa shape index (κ3) is 3.48. The third-order valence-electron chi connectivity index (χ3n) is 3.62. The second-order valence-electron chi connectivity index (χ2n) is 5.12. The van der Waals surface area contributed by atoms with E-state index in [0.717, 1.165) is 42.8 Å². The summed E-state index contributed by atoms with van der Waals surface area (Å²) in [5.74, 6) is -0.0667. The first kappa shape index (κ1) is 13.8. The number of aromatic amines is 1. The standard InChI is InChI=1S/C15H18N4O2/c20-15(11-19-5-7-21-8-6-19)18-17-10-12-9-16-14-4-2-1-3-13(12)14/h1-4,9-10,16H,5-8,11H2,(H,18,20)/p+1/b17-10+. The molecule has 0 saturated carbocycles. The van der Waals surface area contributed by atoms with Gasteiger partial charge in [-0.1, -0.05) is 18.2 Å². The number of carbonyl (C=O) groups is 1. The topological polar surface area (TPSA) is 70.9 Å². The molecule has 0 unspecified atom stereocenters. The molecule has 1 aliphatic heterocycles. The van der Waals surface area contributed by atoms with Crippen molar-refractivity contribution in [2.45, 2.75) is 0 Å². The second kappa shape index (κ2) is 6.51. The smallest absolute Gasteiger partial charge is 0.295 e. The number of aromatic nitrogens is 1. The van der Waals surface area contributed by atoms with Crippen LogP contribution >= 0.6 is 0 Å². The maximum atomic E-state index is 11.8. The molecule has 0 atom stereocenters. The zero-order valence-corrected chi connectivity index (χ0v) is 11.8. The van der Waals surface area contributed by atoms with Crippen LogP contribution in [0.25, 0.3) is 10.9 Å². The van der Waals surface area contributed by atoms with E-state index < -0.39 is 0 Å². The van der Waals surface area contributed by atoms with E-state index in [4.69, 9.17) is 4.74 Å². The number of ether oxygens (including phenoxy) is 1. The molecule has 21 heavy (non-hydrogen) atoms. The van der Waals surface area contributed by atoms with Crippen molar-refractivity contribution in [3.05, 3.63) is 36.0 Å². The molecule has 2 heterocycles. The molecular weight excluding hydrogens is 268 g/mol. The molecule has 0 spiro atoms. The fourth-order valence-corrected chi connectivity index (χ4v) is 2.48. The van der Waals surface area contributed by atoms with E-state index in [9.17, 15) is 4.79 Å². The fourth-order valence-electron chi connectivity index (χ4n) is 2.48. The Balaban J connectivity index is 1.55. The van der Waals surface area contributed by atoms with Crippen molar-refractivity contribution in [3.8, 4) is 0 Å². The Hall–Kier alpha value is -2.18. The van der Waals surface area contributed by atoms with Gasteiger partial charge in [-0.2, -0.15) is 5.10 Å². The first-order chi connectivity index (χ1) is 10.3. The highest BCUT2D eigenvalue weighted by molar-refractivity contribution is 5.99. The van der Waals surface area contributed by atoms with Crippen molar-refractivity contribution >= 4 is 23.0 Å². The molecule has 0 bridgehead atoms. The summed E-state index contributed by atoms with van der Waals surface area (Å²) in [6, 6.07) is 7.99. The fraction of sp³-hybridized carbons (Fsp3) is 0.333.